The maximum absolute atomic E-state index is 5.06. The number of methoxy groups -OCH3 is 1. The molecular weight excluding hydrogens is 296 g/mol. The molecule has 0 saturated carbocycles. The second-order valence-corrected chi connectivity index (χ2v) is 5.57. The molecule has 0 aliphatic rings. The summed E-state index contributed by atoms with van der Waals surface area (Å²) in [4.78, 5) is 4.30. The molecule has 0 saturated heterocycles. The highest BCUT2D eigenvalue weighted by atomic mass is 32.2. The summed E-state index contributed by atoms with van der Waals surface area (Å²) in [7, 11) is 1.70. The van der Waals surface area contributed by atoms with Crippen molar-refractivity contribution in [3.05, 3.63) is 42.6 Å². The fourth-order valence-corrected chi connectivity index (χ4v) is 2.61. The van der Waals surface area contributed by atoms with Crippen LogP contribution >= 0.6 is 11.8 Å². The quantitative estimate of drug-likeness (QED) is 0.559. The fourth-order valence-electron chi connectivity index (χ4n) is 2.28. The molecule has 0 atom stereocenters. The third kappa shape index (κ3) is 3.08. The van der Waals surface area contributed by atoms with Crippen molar-refractivity contribution in [3.8, 4) is 11.3 Å². The van der Waals surface area contributed by atoms with Crippen molar-refractivity contribution in [2.75, 3.05) is 31.8 Å². The van der Waals surface area contributed by atoms with Crippen LogP contribution in [-0.4, -0.2) is 41.1 Å². The largest absolute Gasteiger partial charge is 0.383 e. The predicted octanol–water partition coefficient (Wildman–Crippen LogP) is 3.18. The lowest BCUT2D eigenvalue weighted by molar-refractivity contribution is 0.211. The summed E-state index contributed by atoms with van der Waals surface area (Å²) in [6, 6.07) is 12.4. The van der Waals surface area contributed by atoms with Crippen molar-refractivity contribution in [1.29, 1.82) is 0 Å². The van der Waals surface area contributed by atoms with Crippen molar-refractivity contribution in [3.63, 3.8) is 0 Å². The van der Waals surface area contributed by atoms with Crippen LogP contribution in [0.1, 0.15) is 0 Å². The van der Waals surface area contributed by atoms with E-state index in [1.54, 1.807) is 7.11 Å². The van der Waals surface area contributed by atoms with Crippen LogP contribution in [0.3, 0.4) is 0 Å². The second-order valence-electron chi connectivity index (χ2n) is 4.80. The molecule has 2 heterocycles. The van der Waals surface area contributed by atoms with E-state index in [1.807, 2.05) is 29.1 Å². The molecule has 114 valence electrons. The van der Waals surface area contributed by atoms with E-state index in [2.05, 4.69) is 39.7 Å². The van der Waals surface area contributed by atoms with Gasteiger partial charge in [0.15, 0.2) is 0 Å². The first-order valence-corrected chi connectivity index (χ1v) is 8.26. The van der Waals surface area contributed by atoms with Gasteiger partial charge in [-0.05, 0) is 30.5 Å². The molecule has 1 N–H and O–H groups in total. The van der Waals surface area contributed by atoms with Gasteiger partial charge in [0, 0.05) is 24.9 Å². The van der Waals surface area contributed by atoms with Gasteiger partial charge in [0.25, 0.3) is 0 Å². The predicted molar refractivity (Wildman–Crippen MR) is 90.6 cm³/mol. The molecule has 1 aromatic carbocycles. The van der Waals surface area contributed by atoms with E-state index in [9.17, 15) is 0 Å². The standard InChI is InChI=1S/C16H18N4OS/c1-21-9-8-17-13-5-3-4-12(10-13)15-7-6-14-11-18-16(22-2)19-20(14)15/h3-7,10-11,17H,8-9H2,1-2H3. The molecule has 2 aromatic heterocycles. The van der Waals surface area contributed by atoms with Crippen LogP contribution in [0.5, 0.6) is 0 Å². The Labute approximate surface area is 133 Å². The monoisotopic (exact) mass is 314 g/mol. The highest BCUT2D eigenvalue weighted by Gasteiger charge is 2.07. The van der Waals surface area contributed by atoms with Crippen LogP contribution in [-0.2, 0) is 4.74 Å². The first-order valence-electron chi connectivity index (χ1n) is 7.04. The average molecular weight is 314 g/mol. The van der Waals surface area contributed by atoms with Gasteiger partial charge in [0.05, 0.1) is 24.0 Å². The van der Waals surface area contributed by atoms with E-state index in [-0.39, 0.29) is 0 Å². The molecule has 3 aromatic rings. The van der Waals surface area contributed by atoms with Gasteiger partial charge in [-0.2, -0.15) is 0 Å². The topological polar surface area (TPSA) is 51.5 Å². The van der Waals surface area contributed by atoms with Gasteiger partial charge in [-0.25, -0.2) is 9.50 Å². The summed E-state index contributed by atoms with van der Waals surface area (Å²) in [5, 5.41) is 8.67. The number of benzene rings is 1. The Morgan fingerprint density at radius 2 is 2.18 bits per heavy atom. The van der Waals surface area contributed by atoms with Crippen molar-refractivity contribution >= 4 is 23.0 Å². The number of nitrogens with zero attached hydrogens (tertiary/aromatic N) is 3. The van der Waals surface area contributed by atoms with E-state index >= 15 is 0 Å². The van der Waals surface area contributed by atoms with Crippen molar-refractivity contribution in [2.24, 2.45) is 0 Å². The average Bonchev–Trinajstić information content (AvgIpc) is 2.98. The smallest absolute Gasteiger partial charge is 0.207 e. The Balaban J connectivity index is 1.95. The maximum Gasteiger partial charge on any atom is 0.207 e. The molecule has 0 spiro atoms. The number of hydrogen-bond acceptors (Lipinski definition) is 5. The minimum absolute atomic E-state index is 0.683. The summed E-state index contributed by atoms with van der Waals surface area (Å²) >= 11 is 1.54. The van der Waals surface area contributed by atoms with Gasteiger partial charge in [-0.3, -0.25) is 0 Å². The number of hydrogen-bond donors (Lipinski definition) is 1. The zero-order valence-electron chi connectivity index (χ0n) is 12.6. The molecule has 22 heavy (non-hydrogen) atoms. The van der Waals surface area contributed by atoms with Crippen LogP contribution in [0, 0.1) is 0 Å². The summed E-state index contributed by atoms with van der Waals surface area (Å²) < 4.78 is 7.00. The Morgan fingerprint density at radius 1 is 1.27 bits per heavy atom. The van der Waals surface area contributed by atoms with Crippen LogP contribution in [0.4, 0.5) is 5.69 Å². The third-order valence-electron chi connectivity index (χ3n) is 3.35. The van der Waals surface area contributed by atoms with Gasteiger partial charge in [-0.15, -0.1) is 5.10 Å². The van der Waals surface area contributed by atoms with Crippen LogP contribution in [0.15, 0.2) is 47.8 Å². The van der Waals surface area contributed by atoms with E-state index in [1.165, 1.54) is 11.8 Å². The highest BCUT2D eigenvalue weighted by Crippen LogP contribution is 2.25. The Morgan fingerprint density at radius 3 is 3.00 bits per heavy atom. The van der Waals surface area contributed by atoms with Crippen LogP contribution in [0.2, 0.25) is 0 Å². The van der Waals surface area contributed by atoms with Crippen molar-refractivity contribution < 1.29 is 4.74 Å². The lowest BCUT2D eigenvalue weighted by atomic mass is 10.1. The van der Waals surface area contributed by atoms with E-state index in [4.69, 9.17) is 4.74 Å². The van der Waals surface area contributed by atoms with Gasteiger partial charge in [-0.1, -0.05) is 23.9 Å². The molecule has 0 amide bonds. The van der Waals surface area contributed by atoms with Gasteiger partial charge in [0.1, 0.15) is 0 Å². The molecule has 0 bridgehead atoms. The molecule has 0 fully saturated rings. The first-order chi connectivity index (χ1) is 10.8. The van der Waals surface area contributed by atoms with E-state index < -0.39 is 0 Å². The van der Waals surface area contributed by atoms with Gasteiger partial charge < -0.3 is 10.1 Å². The zero-order valence-corrected chi connectivity index (χ0v) is 13.4. The Kier molecular flexibility index (Phi) is 4.60. The van der Waals surface area contributed by atoms with E-state index in [0.29, 0.717) is 6.61 Å². The summed E-state index contributed by atoms with van der Waals surface area (Å²) in [6.07, 6.45) is 3.83. The van der Waals surface area contributed by atoms with Crippen LogP contribution in [0.25, 0.3) is 16.8 Å². The van der Waals surface area contributed by atoms with Gasteiger partial charge >= 0.3 is 0 Å². The summed E-state index contributed by atoms with van der Waals surface area (Å²) in [5.74, 6) is 0. The molecule has 6 heteroatoms. The van der Waals surface area contributed by atoms with Crippen LogP contribution < -0.4 is 5.32 Å². The number of nitrogens with one attached hydrogen (secondary N) is 1. The lowest BCUT2D eigenvalue weighted by Gasteiger charge is -2.08. The molecule has 0 unspecified atom stereocenters. The van der Waals surface area contributed by atoms with E-state index in [0.717, 1.165) is 34.2 Å². The lowest BCUT2D eigenvalue weighted by Crippen LogP contribution is -2.07. The number of fused-ring (bicyclic) bond motifs is 1. The summed E-state index contributed by atoms with van der Waals surface area (Å²) in [5.41, 5.74) is 4.24. The Bertz CT molecular complexity index is 772. The summed E-state index contributed by atoms with van der Waals surface area (Å²) in [6.45, 7) is 1.47. The molecule has 5 nitrogen and oxygen atoms in total. The third-order valence-corrected chi connectivity index (χ3v) is 3.91. The maximum atomic E-state index is 5.06. The number of rotatable bonds is 6. The molecule has 0 aliphatic heterocycles. The molecular formula is C16H18N4OS. The number of anilines is 1. The first kappa shape index (κ1) is 14.9. The SMILES string of the molecule is COCCNc1cccc(-c2ccc3cnc(SC)nn23)c1. The number of aromatic nitrogens is 3. The number of thioether (sulfide) groups is 1. The van der Waals surface area contributed by atoms with Gasteiger partial charge in [0.2, 0.25) is 5.16 Å². The molecule has 3 rings (SSSR count). The Hall–Kier alpha value is -2.05. The fraction of sp³-hybridized carbons (Fsp3) is 0.250. The van der Waals surface area contributed by atoms with Crippen molar-refractivity contribution in [1.82, 2.24) is 14.6 Å². The molecule has 0 aliphatic carbocycles. The number of ether oxygens (including phenoxy) is 1. The highest BCUT2D eigenvalue weighted by molar-refractivity contribution is 7.98. The minimum atomic E-state index is 0.683. The van der Waals surface area contributed by atoms with Crippen molar-refractivity contribution in [2.45, 2.75) is 5.16 Å². The zero-order chi connectivity index (χ0) is 15.4. The minimum Gasteiger partial charge on any atom is -0.383 e. The second kappa shape index (κ2) is 6.81. The normalized spacial score (nSPS) is 11.0. The molecule has 0 radical (unpaired) electrons.